The van der Waals surface area contributed by atoms with E-state index in [1.807, 2.05) is 33.0 Å². The van der Waals surface area contributed by atoms with Crippen molar-refractivity contribution in [2.45, 2.75) is 11.8 Å². The SMILES string of the molecule is C=CCOS(=O)(=O)c1ccc(C)cc1.CN(C)C. The van der Waals surface area contributed by atoms with E-state index >= 15 is 0 Å². The fourth-order valence-corrected chi connectivity index (χ4v) is 1.79. The minimum Gasteiger partial charge on any atom is -0.312 e. The van der Waals surface area contributed by atoms with Crippen LogP contribution in [0.3, 0.4) is 0 Å². The van der Waals surface area contributed by atoms with Crippen LogP contribution in [0.15, 0.2) is 41.8 Å². The summed E-state index contributed by atoms with van der Waals surface area (Å²) in [6.07, 6.45) is 1.39. The van der Waals surface area contributed by atoms with Crippen molar-refractivity contribution in [2.75, 3.05) is 27.7 Å². The van der Waals surface area contributed by atoms with Gasteiger partial charge in [0.25, 0.3) is 10.1 Å². The van der Waals surface area contributed by atoms with Crippen molar-refractivity contribution in [3.63, 3.8) is 0 Å². The van der Waals surface area contributed by atoms with Gasteiger partial charge in [-0.25, -0.2) is 0 Å². The van der Waals surface area contributed by atoms with Gasteiger partial charge in [-0.2, -0.15) is 8.42 Å². The van der Waals surface area contributed by atoms with Gasteiger partial charge in [0.1, 0.15) is 0 Å². The molecule has 5 heteroatoms. The average molecular weight is 271 g/mol. The van der Waals surface area contributed by atoms with Gasteiger partial charge in [-0.1, -0.05) is 23.8 Å². The quantitative estimate of drug-likeness (QED) is 0.621. The molecule has 102 valence electrons. The molecule has 0 saturated heterocycles. The second-order valence-electron chi connectivity index (χ2n) is 4.18. The predicted molar refractivity (Wildman–Crippen MR) is 74.1 cm³/mol. The van der Waals surface area contributed by atoms with Crippen molar-refractivity contribution < 1.29 is 12.6 Å². The fourth-order valence-electron chi connectivity index (χ4n) is 0.911. The molecule has 0 aliphatic heterocycles. The maximum atomic E-state index is 11.4. The lowest BCUT2D eigenvalue weighted by molar-refractivity contribution is 0.357. The lowest BCUT2D eigenvalue weighted by Gasteiger charge is -2.03. The van der Waals surface area contributed by atoms with Gasteiger partial charge >= 0.3 is 0 Å². The number of benzene rings is 1. The Labute approximate surface area is 110 Å². The van der Waals surface area contributed by atoms with Gasteiger partial charge in [-0.15, -0.1) is 6.58 Å². The van der Waals surface area contributed by atoms with Gasteiger partial charge in [0.15, 0.2) is 0 Å². The van der Waals surface area contributed by atoms with E-state index in [4.69, 9.17) is 0 Å². The van der Waals surface area contributed by atoms with Crippen LogP contribution in [0.5, 0.6) is 0 Å². The third-order valence-electron chi connectivity index (χ3n) is 1.65. The molecule has 1 aromatic carbocycles. The lowest BCUT2D eigenvalue weighted by Crippen LogP contribution is -2.06. The molecule has 0 fully saturated rings. The van der Waals surface area contributed by atoms with Gasteiger partial charge in [0, 0.05) is 0 Å². The van der Waals surface area contributed by atoms with E-state index in [1.54, 1.807) is 12.1 Å². The second kappa shape index (κ2) is 8.02. The molecule has 0 radical (unpaired) electrons. The van der Waals surface area contributed by atoms with Crippen molar-refractivity contribution >= 4 is 10.1 Å². The van der Waals surface area contributed by atoms with E-state index < -0.39 is 10.1 Å². The topological polar surface area (TPSA) is 46.6 Å². The summed E-state index contributed by atoms with van der Waals surface area (Å²) in [4.78, 5) is 2.17. The zero-order chi connectivity index (χ0) is 14.2. The Morgan fingerprint density at radius 3 is 2.06 bits per heavy atom. The van der Waals surface area contributed by atoms with E-state index in [1.165, 1.54) is 18.2 Å². The molecule has 0 unspecified atom stereocenters. The summed E-state index contributed by atoms with van der Waals surface area (Å²) in [6.45, 7) is 5.27. The third-order valence-corrected chi connectivity index (χ3v) is 2.95. The first-order valence-electron chi connectivity index (χ1n) is 5.47. The number of nitrogens with zero attached hydrogens (tertiary/aromatic N) is 1. The van der Waals surface area contributed by atoms with Gasteiger partial charge in [0.2, 0.25) is 0 Å². The third kappa shape index (κ3) is 7.21. The molecule has 18 heavy (non-hydrogen) atoms. The Kier molecular flexibility index (Phi) is 7.50. The lowest BCUT2D eigenvalue weighted by atomic mass is 10.2. The molecule has 1 aromatic rings. The first kappa shape index (κ1) is 16.8. The molecular weight excluding hydrogens is 250 g/mol. The minimum atomic E-state index is -3.61. The molecule has 0 bridgehead atoms. The first-order valence-corrected chi connectivity index (χ1v) is 6.88. The van der Waals surface area contributed by atoms with E-state index in [0.717, 1.165) is 5.56 Å². The monoisotopic (exact) mass is 271 g/mol. The van der Waals surface area contributed by atoms with Crippen LogP contribution in [0.2, 0.25) is 0 Å². The Balaban J connectivity index is 0.000000631. The van der Waals surface area contributed by atoms with E-state index in [0.29, 0.717) is 0 Å². The molecular formula is C13H21NO3S. The first-order chi connectivity index (χ1) is 8.29. The molecule has 0 N–H and O–H groups in total. The summed E-state index contributed by atoms with van der Waals surface area (Å²) in [7, 11) is 2.39. The van der Waals surface area contributed by atoms with Crippen LogP contribution in [0.1, 0.15) is 5.56 Å². The molecule has 0 aliphatic rings. The van der Waals surface area contributed by atoms with Crippen LogP contribution in [0.4, 0.5) is 0 Å². The van der Waals surface area contributed by atoms with Crippen LogP contribution >= 0.6 is 0 Å². The average Bonchev–Trinajstić information content (AvgIpc) is 2.26. The maximum absolute atomic E-state index is 11.4. The maximum Gasteiger partial charge on any atom is 0.297 e. The number of rotatable bonds is 4. The molecule has 0 amide bonds. The van der Waals surface area contributed by atoms with Gasteiger partial charge < -0.3 is 4.90 Å². The zero-order valence-electron chi connectivity index (χ0n) is 11.4. The standard InChI is InChI=1S/C10H12O3S.C3H9N/c1-3-8-13-14(11,12)10-6-4-9(2)5-7-10;1-4(2)3/h3-7H,1,8H2,2H3;1-3H3. The van der Waals surface area contributed by atoms with E-state index in [9.17, 15) is 8.42 Å². The minimum absolute atomic E-state index is 0.00376. The highest BCUT2D eigenvalue weighted by atomic mass is 32.2. The Morgan fingerprint density at radius 2 is 1.67 bits per heavy atom. The van der Waals surface area contributed by atoms with Crippen molar-refractivity contribution in [1.29, 1.82) is 0 Å². The molecule has 0 aromatic heterocycles. The summed E-state index contributed by atoms with van der Waals surface area (Å²) in [5, 5.41) is 0. The summed E-state index contributed by atoms with van der Waals surface area (Å²) in [5.74, 6) is 0. The number of hydrogen-bond donors (Lipinski definition) is 0. The normalized spacial score (nSPS) is 10.7. The molecule has 1 rings (SSSR count). The van der Waals surface area contributed by atoms with E-state index in [2.05, 4.69) is 10.8 Å². The van der Waals surface area contributed by atoms with Gasteiger partial charge in [-0.05, 0) is 40.2 Å². The summed E-state index contributed by atoms with van der Waals surface area (Å²) >= 11 is 0. The highest BCUT2D eigenvalue weighted by Gasteiger charge is 2.13. The molecule has 0 heterocycles. The van der Waals surface area contributed by atoms with Crippen LogP contribution in [-0.4, -0.2) is 41.1 Å². The Bertz CT molecular complexity index is 447. The molecule has 0 atom stereocenters. The Hall–Kier alpha value is -1.17. The van der Waals surface area contributed by atoms with Crippen molar-refractivity contribution in [3.05, 3.63) is 42.5 Å². The van der Waals surface area contributed by atoms with Crippen molar-refractivity contribution in [3.8, 4) is 0 Å². The molecule has 0 spiro atoms. The van der Waals surface area contributed by atoms with Crippen LogP contribution in [0.25, 0.3) is 0 Å². The van der Waals surface area contributed by atoms with E-state index in [-0.39, 0.29) is 11.5 Å². The molecule has 0 aliphatic carbocycles. The number of aryl methyl sites for hydroxylation is 1. The fraction of sp³-hybridized carbons (Fsp3) is 0.385. The zero-order valence-corrected chi connectivity index (χ0v) is 12.2. The van der Waals surface area contributed by atoms with Crippen molar-refractivity contribution in [2.24, 2.45) is 0 Å². The second-order valence-corrected chi connectivity index (χ2v) is 5.80. The highest BCUT2D eigenvalue weighted by Crippen LogP contribution is 2.12. The highest BCUT2D eigenvalue weighted by molar-refractivity contribution is 7.86. The largest absolute Gasteiger partial charge is 0.312 e. The van der Waals surface area contributed by atoms with Crippen LogP contribution < -0.4 is 0 Å². The van der Waals surface area contributed by atoms with Crippen molar-refractivity contribution in [1.82, 2.24) is 4.90 Å². The molecule has 4 nitrogen and oxygen atoms in total. The van der Waals surface area contributed by atoms with Crippen LogP contribution in [0, 0.1) is 6.92 Å². The Morgan fingerprint density at radius 1 is 1.22 bits per heavy atom. The number of hydrogen-bond acceptors (Lipinski definition) is 4. The predicted octanol–water partition coefficient (Wildman–Crippen LogP) is 2.06. The van der Waals surface area contributed by atoms with Gasteiger partial charge in [0.05, 0.1) is 11.5 Å². The van der Waals surface area contributed by atoms with Crippen LogP contribution in [-0.2, 0) is 14.3 Å². The summed E-state index contributed by atoms with van der Waals surface area (Å²) in [5.41, 5.74) is 1.01. The summed E-state index contributed by atoms with van der Waals surface area (Å²) in [6, 6.07) is 6.50. The van der Waals surface area contributed by atoms with Gasteiger partial charge in [-0.3, -0.25) is 4.18 Å². The molecule has 0 saturated carbocycles. The summed E-state index contributed by atoms with van der Waals surface area (Å²) < 4.78 is 27.5. The smallest absolute Gasteiger partial charge is 0.297 e.